The fourth-order valence-corrected chi connectivity index (χ4v) is 8.22. The third-order valence-electron chi connectivity index (χ3n) is 10.7. The molecule has 4 aromatic rings. The Morgan fingerprint density at radius 1 is 0.854 bits per heavy atom. The lowest BCUT2D eigenvalue weighted by Crippen LogP contribution is -2.51. The predicted octanol–water partition coefficient (Wildman–Crippen LogP) is 6.39. The molecule has 11 heteroatoms. The van der Waals surface area contributed by atoms with Gasteiger partial charge in [0.2, 0.25) is 5.91 Å². The Balaban J connectivity index is 1.02. The Morgan fingerprint density at radius 3 is 2.00 bits per heavy atom. The van der Waals surface area contributed by atoms with Crippen LogP contribution >= 0.6 is 0 Å². The van der Waals surface area contributed by atoms with Gasteiger partial charge in [0.05, 0.1) is 42.9 Å². The number of hydrogen-bond acceptors (Lipinski definition) is 6. The average Bonchev–Trinajstić information content (AvgIpc) is 3.94. The topological polar surface area (TPSA) is 153 Å². The van der Waals surface area contributed by atoms with Gasteiger partial charge in [0.15, 0.2) is 0 Å². The number of aromatic amines is 2. The largest absolute Gasteiger partial charge is 0.481 e. The number of likely N-dealkylation sites (tertiary alicyclic amines) is 1. The molecule has 48 heavy (non-hydrogen) atoms. The molecule has 2 aromatic carbocycles. The number of aromatic nitrogens is 4. The number of imidazole rings is 2. The van der Waals surface area contributed by atoms with Crippen molar-refractivity contribution >= 4 is 18.0 Å². The van der Waals surface area contributed by atoms with Gasteiger partial charge < -0.3 is 30.0 Å². The Hall–Kier alpha value is -4.93. The highest BCUT2D eigenvalue weighted by Gasteiger charge is 2.52. The Kier molecular flexibility index (Phi) is 8.53. The van der Waals surface area contributed by atoms with Crippen molar-refractivity contribution in [2.45, 2.75) is 64.0 Å². The molecule has 4 unspecified atom stereocenters. The summed E-state index contributed by atoms with van der Waals surface area (Å²) in [6, 6.07) is 15.7. The van der Waals surface area contributed by atoms with Gasteiger partial charge in [-0.2, -0.15) is 0 Å². The van der Waals surface area contributed by atoms with Crippen molar-refractivity contribution in [2.75, 3.05) is 13.7 Å². The maximum Gasteiger partial charge on any atom is 0.407 e. The van der Waals surface area contributed by atoms with Crippen LogP contribution in [0.3, 0.4) is 0 Å². The number of fused-ring (bicyclic) bond motifs is 2. The number of amides is 2. The summed E-state index contributed by atoms with van der Waals surface area (Å²) in [5, 5.41) is 12.6. The van der Waals surface area contributed by atoms with Crippen LogP contribution in [0.1, 0.15) is 69.6 Å². The van der Waals surface area contributed by atoms with Crippen molar-refractivity contribution in [3.8, 4) is 33.6 Å². The maximum atomic E-state index is 13.5. The molecule has 7 rings (SSSR count). The van der Waals surface area contributed by atoms with E-state index in [0.717, 1.165) is 77.4 Å². The summed E-state index contributed by atoms with van der Waals surface area (Å²) in [5.41, 5.74) is 5.92. The van der Waals surface area contributed by atoms with Gasteiger partial charge in [-0.05, 0) is 72.1 Å². The number of carbonyl (C=O) groups excluding carboxylic acids is 2. The van der Waals surface area contributed by atoms with Gasteiger partial charge in [-0.1, -0.05) is 62.4 Å². The van der Waals surface area contributed by atoms with Crippen LogP contribution in [0.2, 0.25) is 0 Å². The predicted molar refractivity (Wildman–Crippen MR) is 180 cm³/mol. The minimum absolute atomic E-state index is 0.0362. The van der Waals surface area contributed by atoms with E-state index in [0.29, 0.717) is 12.5 Å². The van der Waals surface area contributed by atoms with Crippen LogP contribution in [0.5, 0.6) is 0 Å². The summed E-state index contributed by atoms with van der Waals surface area (Å²) >= 11 is 0. The van der Waals surface area contributed by atoms with E-state index in [-0.39, 0.29) is 35.6 Å². The van der Waals surface area contributed by atoms with Gasteiger partial charge in [0, 0.05) is 12.5 Å². The van der Waals surface area contributed by atoms with Crippen LogP contribution in [0.25, 0.3) is 33.6 Å². The quantitative estimate of drug-likeness (QED) is 0.164. The lowest BCUT2D eigenvalue weighted by Gasteiger charge is -2.30. The first-order valence-corrected chi connectivity index (χ1v) is 16.9. The molecule has 6 atom stereocenters. The van der Waals surface area contributed by atoms with E-state index >= 15 is 0 Å². The van der Waals surface area contributed by atoms with Crippen molar-refractivity contribution in [3.05, 3.63) is 72.6 Å². The molecule has 1 aliphatic heterocycles. The van der Waals surface area contributed by atoms with Crippen molar-refractivity contribution in [3.63, 3.8) is 0 Å². The number of methoxy groups -OCH3 is 1. The van der Waals surface area contributed by atoms with Crippen LogP contribution < -0.4 is 5.32 Å². The molecular weight excluding hydrogens is 608 g/mol. The number of H-pyrrole nitrogens is 2. The van der Waals surface area contributed by atoms with Gasteiger partial charge in [0.1, 0.15) is 17.7 Å². The molecule has 2 amide bonds. The zero-order valence-electron chi connectivity index (χ0n) is 27.5. The van der Waals surface area contributed by atoms with Crippen molar-refractivity contribution in [2.24, 2.45) is 23.7 Å². The fraction of sp³-hybridized carbons (Fsp3) is 0.432. The SMILES string of the molecule is COC(=O)N[C@H](C(=O)N1CCC[C@H]1c1ncc(-c2ccc(-c3ccc(-c4cnc(C5C6CCC(C6)C5C(=O)O)[nH]4)cc3)cc2)[nH]1)C(C)C. The Labute approximate surface area is 279 Å². The van der Waals surface area contributed by atoms with Gasteiger partial charge >= 0.3 is 12.1 Å². The second kappa shape index (κ2) is 12.9. The first-order valence-electron chi connectivity index (χ1n) is 16.9. The standard InChI is InChI=1S/C37H42N6O5/c1-20(2)32(42-37(47)48-3)35(44)43-16-4-5-29(43)33-38-18-27(40-33)23-10-6-21(7-11-23)22-8-12-24(13-9-22)28-19-39-34(41-28)30-25-14-15-26(17-25)31(30)36(45)46/h6-13,18-20,25-26,29-32H,4-5,14-17H2,1-3H3,(H,38,40)(H,39,41)(H,42,47)(H,45,46)/t25?,26?,29-,30?,31?,32-/m0/s1. The van der Waals surface area contributed by atoms with Crippen LogP contribution in [0.15, 0.2) is 60.9 Å². The fourth-order valence-electron chi connectivity index (χ4n) is 8.22. The summed E-state index contributed by atoms with van der Waals surface area (Å²) < 4.78 is 4.74. The first kappa shape index (κ1) is 31.7. The van der Waals surface area contributed by atoms with Crippen LogP contribution in [0, 0.1) is 23.7 Å². The number of nitrogens with zero attached hydrogens (tertiary/aromatic N) is 3. The molecule has 0 radical (unpaired) electrons. The molecule has 3 fully saturated rings. The minimum Gasteiger partial charge on any atom is -0.481 e. The van der Waals surface area contributed by atoms with E-state index in [4.69, 9.17) is 4.74 Å². The lowest BCUT2D eigenvalue weighted by atomic mass is 9.79. The summed E-state index contributed by atoms with van der Waals surface area (Å²) in [6.07, 6.45) is 7.75. The molecule has 2 bridgehead atoms. The van der Waals surface area contributed by atoms with E-state index in [1.54, 1.807) is 6.20 Å². The monoisotopic (exact) mass is 650 g/mol. The zero-order valence-corrected chi connectivity index (χ0v) is 27.5. The summed E-state index contributed by atoms with van der Waals surface area (Å²) in [6.45, 7) is 4.41. The van der Waals surface area contributed by atoms with Crippen molar-refractivity contribution in [1.29, 1.82) is 0 Å². The van der Waals surface area contributed by atoms with Gasteiger partial charge in [-0.15, -0.1) is 0 Å². The van der Waals surface area contributed by atoms with Gasteiger partial charge in [-0.25, -0.2) is 14.8 Å². The molecular formula is C37H42N6O5. The molecule has 2 aromatic heterocycles. The molecule has 3 aliphatic rings. The number of benzene rings is 2. The molecule has 1 saturated heterocycles. The first-order chi connectivity index (χ1) is 23.2. The number of nitrogens with one attached hydrogen (secondary N) is 3. The molecule has 2 saturated carbocycles. The normalized spacial score (nSPS) is 23.8. The number of hydrogen-bond donors (Lipinski definition) is 4. The molecule has 3 heterocycles. The number of alkyl carbamates (subject to hydrolysis) is 1. The van der Waals surface area contributed by atoms with Gasteiger partial charge in [0.25, 0.3) is 0 Å². The molecule has 0 spiro atoms. The number of carbonyl (C=O) groups is 3. The number of ether oxygens (including phenoxy) is 1. The number of carboxylic acids is 1. The van der Waals surface area contributed by atoms with E-state index < -0.39 is 18.1 Å². The van der Waals surface area contributed by atoms with E-state index in [1.807, 2.05) is 24.9 Å². The molecule has 4 N–H and O–H groups in total. The maximum absolute atomic E-state index is 13.5. The lowest BCUT2D eigenvalue weighted by molar-refractivity contribution is -0.144. The van der Waals surface area contributed by atoms with E-state index in [1.165, 1.54) is 7.11 Å². The molecule has 11 nitrogen and oxygen atoms in total. The van der Waals surface area contributed by atoms with E-state index in [2.05, 4.69) is 73.8 Å². The smallest absolute Gasteiger partial charge is 0.407 e. The Morgan fingerprint density at radius 2 is 1.42 bits per heavy atom. The number of aliphatic carboxylic acids is 1. The minimum atomic E-state index is -0.702. The Bertz CT molecular complexity index is 1790. The number of carboxylic acid groups (broad SMARTS) is 1. The summed E-state index contributed by atoms with van der Waals surface area (Å²) in [4.78, 5) is 55.4. The second-order valence-corrected chi connectivity index (χ2v) is 13.8. The van der Waals surface area contributed by atoms with E-state index in [9.17, 15) is 19.5 Å². The molecule has 2 aliphatic carbocycles. The van der Waals surface area contributed by atoms with Crippen molar-refractivity contribution < 1.29 is 24.2 Å². The highest BCUT2D eigenvalue weighted by Crippen LogP contribution is 2.56. The number of rotatable bonds is 9. The third kappa shape index (κ3) is 5.86. The average molecular weight is 651 g/mol. The highest BCUT2D eigenvalue weighted by atomic mass is 16.5. The van der Waals surface area contributed by atoms with Gasteiger partial charge in [-0.3, -0.25) is 9.59 Å². The summed E-state index contributed by atoms with van der Waals surface area (Å²) in [5.74, 6) is 0.886. The molecule has 250 valence electrons. The van der Waals surface area contributed by atoms with Crippen molar-refractivity contribution in [1.82, 2.24) is 30.2 Å². The zero-order chi connectivity index (χ0) is 33.5. The van der Waals surface area contributed by atoms with Crippen LogP contribution in [0.4, 0.5) is 4.79 Å². The highest BCUT2D eigenvalue weighted by molar-refractivity contribution is 5.86. The second-order valence-electron chi connectivity index (χ2n) is 13.8. The van der Waals surface area contributed by atoms with Crippen LogP contribution in [-0.4, -0.2) is 67.6 Å². The third-order valence-corrected chi connectivity index (χ3v) is 10.7. The van der Waals surface area contributed by atoms with Crippen LogP contribution in [-0.2, 0) is 14.3 Å². The summed E-state index contributed by atoms with van der Waals surface area (Å²) in [7, 11) is 1.29.